The van der Waals surface area contributed by atoms with Crippen LogP contribution in [0.1, 0.15) is 50.8 Å². The lowest BCUT2D eigenvalue weighted by molar-refractivity contribution is 0.116. The van der Waals surface area contributed by atoms with Crippen LogP contribution in [0.2, 0.25) is 0 Å². The molecule has 2 atom stereocenters. The lowest BCUT2D eigenvalue weighted by atomic mass is 9.97. The highest BCUT2D eigenvalue weighted by molar-refractivity contribution is 5.07. The second kappa shape index (κ2) is 6.06. The molecule has 0 bridgehead atoms. The number of aromatic nitrogens is 2. The number of imidazole rings is 1. The third kappa shape index (κ3) is 3.57. The maximum atomic E-state index is 5.73. The average Bonchev–Trinajstić information content (AvgIpc) is 3.11. The first-order valence-electron chi connectivity index (χ1n) is 7.67. The molecule has 1 N–H and O–H groups in total. The lowest BCUT2D eigenvalue weighted by Gasteiger charge is -2.29. The molecule has 2 heterocycles. The fourth-order valence-corrected chi connectivity index (χ4v) is 2.88. The van der Waals surface area contributed by atoms with Crippen molar-refractivity contribution in [2.75, 3.05) is 13.2 Å². The fraction of sp³-hybridized carbons (Fsp3) is 0.800. The Labute approximate surface area is 115 Å². The molecule has 1 aromatic heterocycles. The molecule has 0 amide bonds. The van der Waals surface area contributed by atoms with Crippen LogP contribution in [0.4, 0.5) is 0 Å². The Morgan fingerprint density at radius 1 is 1.37 bits per heavy atom. The molecule has 4 nitrogen and oxygen atoms in total. The summed E-state index contributed by atoms with van der Waals surface area (Å²) in [5.74, 6) is 0.850. The van der Waals surface area contributed by atoms with Gasteiger partial charge >= 0.3 is 0 Å². The molecular formula is C15H25N3O. The van der Waals surface area contributed by atoms with Gasteiger partial charge in [0.15, 0.2) is 0 Å². The normalized spacial score (nSPS) is 27.6. The molecule has 1 saturated heterocycles. The quantitative estimate of drug-likeness (QED) is 0.802. The van der Waals surface area contributed by atoms with Gasteiger partial charge < -0.3 is 14.6 Å². The molecule has 0 radical (unpaired) electrons. The number of nitrogens with zero attached hydrogens (tertiary/aromatic N) is 2. The summed E-state index contributed by atoms with van der Waals surface area (Å²) in [5.41, 5.74) is 1.32. The molecule has 1 saturated carbocycles. The van der Waals surface area contributed by atoms with E-state index in [0.29, 0.717) is 12.1 Å². The van der Waals surface area contributed by atoms with Gasteiger partial charge in [-0.2, -0.15) is 0 Å². The predicted octanol–water partition coefficient (Wildman–Crippen LogP) is 2.51. The molecule has 3 rings (SSSR count). The first kappa shape index (κ1) is 13.1. The van der Waals surface area contributed by atoms with Gasteiger partial charge in [0, 0.05) is 31.4 Å². The molecule has 1 aliphatic carbocycles. The van der Waals surface area contributed by atoms with Crippen LogP contribution in [0.5, 0.6) is 0 Å². The van der Waals surface area contributed by atoms with E-state index in [1.54, 1.807) is 0 Å². The van der Waals surface area contributed by atoms with Crippen LogP contribution in [0, 0.1) is 5.92 Å². The zero-order valence-corrected chi connectivity index (χ0v) is 11.8. The third-order valence-electron chi connectivity index (χ3n) is 4.24. The fourth-order valence-electron chi connectivity index (χ4n) is 2.88. The number of hydrogen-bond donors (Lipinski definition) is 1. The van der Waals surface area contributed by atoms with Gasteiger partial charge in [-0.25, -0.2) is 4.98 Å². The molecule has 2 aliphatic rings. The molecule has 2 unspecified atom stereocenters. The van der Waals surface area contributed by atoms with Crippen LogP contribution < -0.4 is 5.32 Å². The topological polar surface area (TPSA) is 39.1 Å². The van der Waals surface area contributed by atoms with Gasteiger partial charge in [0.05, 0.1) is 18.6 Å². The third-order valence-corrected chi connectivity index (χ3v) is 4.24. The van der Waals surface area contributed by atoms with Gasteiger partial charge in [-0.05, 0) is 44.9 Å². The molecule has 4 heteroatoms. The summed E-state index contributed by atoms with van der Waals surface area (Å²) in [5, 5.41) is 3.68. The minimum absolute atomic E-state index is 0.467. The SMILES string of the molecule is CC1CCCC(c2cncn2CCOCC2CC2)N1. The van der Waals surface area contributed by atoms with Crippen LogP contribution in [-0.4, -0.2) is 28.8 Å². The summed E-state index contributed by atoms with van der Waals surface area (Å²) >= 11 is 0. The molecular weight excluding hydrogens is 238 g/mol. The van der Waals surface area contributed by atoms with Crippen molar-refractivity contribution in [2.45, 2.75) is 57.7 Å². The van der Waals surface area contributed by atoms with Crippen molar-refractivity contribution in [3.05, 3.63) is 18.2 Å². The summed E-state index contributed by atoms with van der Waals surface area (Å²) in [4.78, 5) is 4.32. The van der Waals surface area contributed by atoms with Gasteiger partial charge in [0.25, 0.3) is 0 Å². The minimum Gasteiger partial charge on any atom is -0.379 e. The van der Waals surface area contributed by atoms with Crippen molar-refractivity contribution in [1.29, 1.82) is 0 Å². The van der Waals surface area contributed by atoms with E-state index < -0.39 is 0 Å². The van der Waals surface area contributed by atoms with Gasteiger partial charge in [-0.1, -0.05) is 0 Å². The minimum atomic E-state index is 0.467. The maximum Gasteiger partial charge on any atom is 0.0949 e. The van der Waals surface area contributed by atoms with E-state index in [1.165, 1.54) is 37.8 Å². The van der Waals surface area contributed by atoms with E-state index in [0.717, 1.165) is 25.7 Å². The molecule has 1 aliphatic heterocycles. The molecule has 0 spiro atoms. The van der Waals surface area contributed by atoms with E-state index in [4.69, 9.17) is 4.74 Å². The van der Waals surface area contributed by atoms with Crippen LogP contribution in [0.25, 0.3) is 0 Å². The summed E-state index contributed by atoms with van der Waals surface area (Å²) < 4.78 is 7.98. The Morgan fingerprint density at radius 2 is 2.26 bits per heavy atom. The molecule has 19 heavy (non-hydrogen) atoms. The van der Waals surface area contributed by atoms with Crippen molar-refractivity contribution in [3.8, 4) is 0 Å². The largest absolute Gasteiger partial charge is 0.379 e. The maximum absolute atomic E-state index is 5.73. The molecule has 1 aromatic rings. The van der Waals surface area contributed by atoms with Crippen LogP contribution in [-0.2, 0) is 11.3 Å². The van der Waals surface area contributed by atoms with Crippen molar-refractivity contribution >= 4 is 0 Å². The Kier molecular flexibility index (Phi) is 4.18. The highest BCUT2D eigenvalue weighted by Gasteiger charge is 2.23. The first-order chi connectivity index (χ1) is 9.33. The first-order valence-corrected chi connectivity index (χ1v) is 7.67. The molecule has 0 aromatic carbocycles. The summed E-state index contributed by atoms with van der Waals surface area (Å²) in [6, 6.07) is 1.09. The van der Waals surface area contributed by atoms with E-state index in [2.05, 4.69) is 21.8 Å². The Balaban J connectivity index is 1.51. The average molecular weight is 263 g/mol. The van der Waals surface area contributed by atoms with Crippen LogP contribution in [0.3, 0.4) is 0 Å². The Bertz CT molecular complexity index is 400. The zero-order valence-electron chi connectivity index (χ0n) is 11.8. The predicted molar refractivity (Wildman–Crippen MR) is 75.0 cm³/mol. The number of hydrogen-bond acceptors (Lipinski definition) is 3. The summed E-state index contributed by atoms with van der Waals surface area (Å²) in [6.07, 6.45) is 10.5. The van der Waals surface area contributed by atoms with Gasteiger partial charge in [0.2, 0.25) is 0 Å². The number of nitrogens with one attached hydrogen (secondary N) is 1. The van der Waals surface area contributed by atoms with Crippen LogP contribution in [0.15, 0.2) is 12.5 Å². The van der Waals surface area contributed by atoms with E-state index in [-0.39, 0.29) is 0 Å². The van der Waals surface area contributed by atoms with Crippen molar-refractivity contribution in [2.24, 2.45) is 5.92 Å². The van der Waals surface area contributed by atoms with Gasteiger partial charge in [-0.15, -0.1) is 0 Å². The molecule has 106 valence electrons. The second-order valence-electron chi connectivity index (χ2n) is 6.08. The lowest BCUT2D eigenvalue weighted by Crippen LogP contribution is -2.35. The van der Waals surface area contributed by atoms with Crippen LogP contribution >= 0.6 is 0 Å². The highest BCUT2D eigenvalue weighted by Crippen LogP contribution is 2.29. The summed E-state index contributed by atoms with van der Waals surface area (Å²) in [6.45, 7) is 4.95. The Morgan fingerprint density at radius 3 is 3.05 bits per heavy atom. The molecule has 2 fully saturated rings. The smallest absolute Gasteiger partial charge is 0.0949 e. The van der Waals surface area contributed by atoms with E-state index >= 15 is 0 Å². The number of rotatable bonds is 6. The summed E-state index contributed by atoms with van der Waals surface area (Å²) in [7, 11) is 0. The highest BCUT2D eigenvalue weighted by atomic mass is 16.5. The standard InChI is InChI=1S/C15H25N3O/c1-12-3-2-4-14(17-12)15-9-16-11-18(15)7-8-19-10-13-5-6-13/h9,11-14,17H,2-8,10H2,1H3. The van der Waals surface area contributed by atoms with E-state index in [9.17, 15) is 0 Å². The van der Waals surface area contributed by atoms with E-state index in [1.807, 2.05) is 12.5 Å². The zero-order chi connectivity index (χ0) is 13.1. The Hall–Kier alpha value is -0.870. The second-order valence-corrected chi connectivity index (χ2v) is 6.08. The monoisotopic (exact) mass is 263 g/mol. The number of ether oxygens (including phenoxy) is 1. The number of piperidine rings is 1. The van der Waals surface area contributed by atoms with Crippen molar-refractivity contribution < 1.29 is 4.74 Å². The van der Waals surface area contributed by atoms with Gasteiger partial charge in [0.1, 0.15) is 0 Å². The van der Waals surface area contributed by atoms with Gasteiger partial charge in [-0.3, -0.25) is 0 Å². The van der Waals surface area contributed by atoms with Crippen molar-refractivity contribution in [3.63, 3.8) is 0 Å². The van der Waals surface area contributed by atoms with Crippen molar-refractivity contribution in [1.82, 2.24) is 14.9 Å².